The maximum Gasteiger partial charge on any atom is 0.323 e. The van der Waals surface area contributed by atoms with Crippen molar-refractivity contribution in [2.75, 3.05) is 22.5 Å². The molecule has 4 N–H and O–H groups in total. The lowest BCUT2D eigenvalue weighted by molar-refractivity contribution is 0.208. The molecule has 0 fully saturated rings. The number of aliphatic hydroxyl groups excluding tert-OH is 1. The smallest absolute Gasteiger partial charge is 0.323 e. The molecule has 180 valence electrons. The van der Waals surface area contributed by atoms with Crippen molar-refractivity contribution in [3.05, 3.63) is 76.1 Å². The standard InChI is InChI=1S/C23H20Cl3N7O2/c1-13(34)12-29-22-28-6-5-20(32-22)33-8-7-27-21(33)14-3-2-4-15(9-14)30-23(35)31-19-11-17(25)16(24)10-18(19)26/h2-11,13,34H,12H2,1H3,(H,28,29,32)(H2,30,31,35)/t13-/m0/s1. The zero-order valence-corrected chi connectivity index (χ0v) is 20.6. The number of halogens is 3. The van der Waals surface area contributed by atoms with Crippen molar-refractivity contribution < 1.29 is 9.90 Å². The molecule has 2 heterocycles. The van der Waals surface area contributed by atoms with E-state index in [1.165, 1.54) is 12.1 Å². The minimum absolute atomic E-state index is 0.262. The highest BCUT2D eigenvalue weighted by Crippen LogP contribution is 2.32. The molecule has 0 aliphatic heterocycles. The summed E-state index contributed by atoms with van der Waals surface area (Å²) in [5.41, 5.74) is 1.61. The number of rotatable bonds is 7. The van der Waals surface area contributed by atoms with Gasteiger partial charge in [-0.25, -0.2) is 14.8 Å². The van der Waals surface area contributed by atoms with Crippen LogP contribution in [-0.2, 0) is 0 Å². The number of hydrogen-bond donors (Lipinski definition) is 4. The number of anilines is 3. The first-order chi connectivity index (χ1) is 16.8. The third-order valence-electron chi connectivity index (χ3n) is 4.72. The molecule has 1 atom stereocenters. The van der Waals surface area contributed by atoms with Gasteiger partial charge in [-0.15, -0.1) is 0 Å². The first-order valence-electron chi connectivity index (χ1n) is 10.4. The van der Waals surface area contributed by atoms with Crippen molar-refractivity contribution in [1.29, 1.82) is 0 Å². The van der Waals surface area contributed by atoms with Crippen molar-refractivity contribution in [3.8, 4) is 17.2 Å². The van der Waals surface area contributed by atoms with Crippen LogP contribution in [0, 0.1) is 0 Å². The van der Waals surface area contributed by atoms with Crippen LogP contribution in [0.15, 0.2) is 61.1 Å². The Balaban J connectivity index is 1.53. The molecular weight excluding hydrogens is 513 g/mol. The highest BCUT2D eigenvalue weighted by molar-refractivity contribution is 6.44. The SMILES string of the molecule is C[C@H](O)CNc1nccc(-n2ccnc2-c2cccc(NC(=O)Nc3cc(Cl)c(Cl)cc3Cl)c2)n1. The number of aromatic nitrogens is 4. The summed E-state index contributed by atoms with van der Waals surface area (Å²) in [7, 11) is 0. The fraction of sp³-hybridized carbons (Fsp3) is 0.130. The van der Waals surface area contributed by atoms with E-state index in [4.69, 9.17) is 34.8 Å². The molecule has 9 nitrogen and oxygen atoms in total. The van der Waals surface area contributed by atoms with Gasteiger partial charge in [0.15, 0.2) is 0 Å². The summed E-state index contributed by atoms with van der Waals surface area (Å²) in [5, 5.41) is 18.7. The van der Waals surface area contributed by atoms with E-state index in [-0.39, 0.29) is 10.0 Å². The van der Waals surface area contributed by atoms with Gasteiger partial charge in [0.05, 0.1) is 26.9 Å². The van der Waals surface area contributed by atoms with Gasteiger partial charge >= 0.3 is 6.03 Å². The monoisotopic (exact) mass is 531 g/mol. The Labute approximate surface area is 216 Å². The van der Waals surface area contributed by atoms with Gasteiger partial charge in [0.2, 0.25) is 5.95 Å². The zero-order valence-electron chi connectivity index (χ0n) is 18.3. The second kappa shape index (κ2) is 10.9. The molecule has 0 radical (unpaired) electrons. The normalized spacial score (nSPS) is 11.7. The van der Waals surface area contributed by atoms with Gasteiger partial charge in [-0.3, -0.25) is 4.57 Å². The van der Waals surface area contributed by atoms with Crippen molar-refractivity contribution >= 4 is 58.2 Å². The number of imidazole rings is 1. The summed E-state index contributed by atoms with van der Waals surface area (Å²) in [6.07, 6.45) is 4.51. The Morgan fingerprint density at radius 1 is 1.03 bits per heavy atom. The van der Waals surface area contributed by atoms with Crippen molar-refractivity contribution in [1.82, 2.24) is 19.5 Å². The van der Waals surface area contributed by atoms with Crippen LogP contribution in [0.3, 0.4) is 0 Å². The second-order valence-electron chi connectivity index (χ2n) is 7.50. The van der Waals surface area contributed by atoms with Crippen LogP contribution in [0.25, 0.3) is 17.2 Å². The molecule has 0 spiro atoms. The average molecular weight is 533 g/mol. The largest absolute Gasteiger partial charge is 0.392 e. The summed E-state index contributed by atoms with van der Waals surface area (Å²) in [5.74, 6) is 1.59. The summed E-state index contributed by atoms with van der Waals surface area (Å²) >= 11 is 18.1. The Hall–Kier alpha value is -3.37. The predicted octanol–water partition coefficient (Wildman–Crippen LogP) is 5.73. The Morgan fingerprint density at radius 3 is 2.63 bits per heavy atom. The molecule has 0 unspecified atom stereocenters. The van der Waals surface area contributed by atoms with E-state index in [0.29, 0.717) is 40.5 Å². The highest BCUT2D eigenvalue weighted by Gasteiger charge is 2.13. The number of aliphatic hydroxyl groups is 1. The van der Waals surface area contributed by atoms with E-state index >= 15 is 0 Å². The number of carbonyl (C=O) groups is 1. The second-order valence-corrected chi connectivity index (χ2v) is 8.72. The van der Waals surface area contributed by atoms with Crippen LogP contribution < -0.4 is 16.0 Å². The molecule has 0 saturated heterocycles. The molecule has 2 aromatic heterocycles. The van der Waals surface area contributed by atoms with Crippen LogP contribution in [-0.4, -0.2) is 43.3 Å². The number of carbonyl (C=O) groups excluding carboxylic acids is 1. The van der Waals surface area contributed by atoms with Gasteiger partial charge in [0.1, 0.15) is 11.6 Å². The molecule has 0 aliphatic rings. The minimum Gasteiger partial charge on any atom is -0.392 e. The van der Waals surface area contributed by atoms with E-state index in [2.05, 4.69) is 30.9 Å². The van der Waals surface area contributed by atoms with Gasteiger partial charge in [-0.2, -0.15) is 4.98 Å². The van der Waals surface area contributed by atoms with Crippen LogP contribution in [0.4, 0.5) is 22.1 Å². The third kappa shape index (κ3) is 6.20. The van der Waals surface area contributed by atoms with Crippen LogP contribution in [0.2, 0.25) is 15.1 Å². The summed E-state index contributed by atoms with van der Waals surface area (Å²) < 4.78 is 1.80. The highest BCUT2D eigenvalue weighted by atomic mass is 35.5. The maximum absolute atomic E-state index is 12.5. The van der Waals surface area contributed by atoms with Crippen molar-refractivity contribution in [3.63, 3.8) is 0 Å². The Bertz CT molecular complexity index is 1360. The van der Waals surface area contributed by atoms with Crippen LogP contribution >= 0.6 is 34.8 Å². The number of nitrogens with one attached hydrogen (secondary N) is 3. The number of hydrogen-bond acceptors (Lipinski definition) is 6. The van der Waals surface area contributed by atoms with Gasteiger partial charge < -0.3 is 21.1 Å². The van der Waals surface area contributed by atoms with Gasteiger partial charge in [-0.1, -0.05) is 46.9 Å². The first kappa shape index (κ1) is 24.7. The van der Waals surface area contributed by atoms with Crippen LogP contribution in [0.5, 0.6) is 0 Å². The number of amides is 2. The Kier molecular flexibility index (Phi) is 7.72. The Morgan fingerprint density at radius 2 is 1.83 bits per heavy atom. The lowest BCUT2D eigenvalue weighted by atomic mass is 10.2. The molecular formula is C23H20Cl3N7O2. The summed E-state index contributed by atoms with van der Waals surface area (Å²) in [6.45, 7) is 1.99. The molecule has 35 heavy (non-hydrogen) atoms. The molecule has 12 heteroatoms. The first-order valence-corrected chi connectivity index (χ1v) is 11.5. The lowest BCUT2D eigenvalue weighted by Crippen LogP contribution is -2.19. The van der Waals surface area contributed by atoms with Gasteiger partial charge in [0.25, 0.3) is 0 Å². The quantitative estimate of drug-likeness (QED) is 0.226. The molecule has 4 rings (SSSR count). The number of urea groups is 1. The maximum atomic E-state index is 12.5. The number of benzene rings is 2. The molecule has 0 bridgehead atoms. The van der Waals surface area contributed by atoms with Crippen molar-refractivity contribution in [2.24, 2.45) is 0 Å². The van der Waals surface area contributed by atoms with Gasteiger partial charge in [0, 0.05) is 36.4 Å². The number of nitrogens with zero attached hydrogens (tertiary/aromatic N) is 4. The molecule has 4 aromatic rings. The zero-order chi connectivity index (χ0) is 24.9. The predicted molar refractivity (Wildman–Crippen MR) is 139 cm³/mol. The molecule has 2 aromatic carbocycles. The van der Waals surface area contributed by atoms with Crippen molar-refractivity contribution in [2.45, 2.75) is 13.0 Å². The summed E-state index contributed by atoms with van der Waals surface area (Å²) in [4.78, 5) is 25.7. The summed E-state index contributed by atoms with van der Waals surface area (Å²) in [6, 6.07) is 11.4. The lowest BCUT2D eigenvalue weighted by Gasteiger charge is -2.12. The fourth-order valence-corrected chi connectivity index (χ4v) is 3.74. The molecule has 0 saturated carbocycles. The minimum atomic E-state index is -0.536. The third-order valence-corrected chi connectivity index (χ3v) is 5.76. The van der Waals surface area contributed by atoms with Gasteiger partial charge in [-0.05, 0) is 37.3 Å². The molecule has 0 aliphatic carbocycles. The van der Waals surface area contributed by atoms with E-state index in [1.807, 2.05) is 6.07 Å². The van der Waals surface area contributed by atoms with E-state index in [9.17, 15) is 9.90 Å². The molecule has 2 amide bonds. The van der Waals surface area contributed by atoms with Crippen LogP contribution in [0.1, 0.15) is 6.92 Å². The topological polar surface area (TPSA) is 117 Å². The van der Waals surface area contributed by atoms with E-state index < -0.39 is 12.1 Å². The van der Waals surface area contributed by atoms with E-state index in [0.717, 1.165) is 5.56 Å². The fourth-order valence-electron chi connectivity index (χ4n) is 3.15. The van der Waals surface area contributed by atoms with E-state index in [1.54, 1.807) is 54.3 Å². The average Bonchev–Trinajstić information content (AvgIpc) is 3.32.